The lowest BCUT2D eigenvalue weighted by Gasteiger charge is -2.28. The molecule has 0 unspecified atom stereocenters. The molecule has 118 valence electrons. The molecule has 2 aromatic heterocycles. The van der Waals surface area contributed by atoms with E-state index >= 15 is 4.39 Å². The molecule has 1 amide bonds. The van der Waals surface area contributed by atoms with Gasteiger partial charge in [-0.25, -0.2) is 9.37 Å². The zero-order chi connectivity index (χ0) is 16.1. The van der Waals surface area contributed by atoms with Crippen molar-refractivity contribution in [3.8, 4) is 0 Å². The van der Waals surface area contributed by atoms with Crippen LogP contribution in [0.15, 0.2) is 12.3 Å². The summed E-state index contributed by atoms with van der Waals surface area (Å²) in [6.45, 7) is 4.66. The van der Waals surface area contributed by atoms with Crippen molar-refractivity contribution in [2.75, 3.05) is 13.1 Å². The van der Waals surface area contributed by atoms with Crippen LogP contribution in [0.4, 0.5) is 4.39 Å². The standard InChI is InChI=1S/C15H18ClFN4O/c1-8-6-21(9(2)15(17)3-4-19-7-15)14-12(8)10(16)5-11(20-14)13(18)22/h5-6,9,19H,3-4,7H2,1-2H3,(H2,18,22)/t9-,15-/m1/s1. The van der Waals surface area contributed by atoms with E-state index in [0.717, 1.165) is 10.9 Å². The zero-order valence-electron chi connectivity index (χ0n) is 12.5. The van der Waals surface area contributed by atoms with E-state index in [4.69, 9.17) is 17.3 Å². The van der Waals surface area contributed by atoms with Crippen LogP contribution in [0.2, 0.25) is 5.02 Å². The first-order valence-corrected chi connectivity index (χ1v) is 7.58. The average Bonchev–Trinajstić information content (AvgIpc) is 3.03. The summed E-state index contributed by atoms with van der Waals surface area (Å²) in [7, 11) is 0. The van der Waals surface area contributed by atoms with Crippen molar-refractivity contribution in [1.29, 1.82) is 0 Å². The fourth-order valence-electron chi connectivity index (χ4n) is 3.10. The molecule has 0 spiro atoms. The molecule has 3 rings (SSSR count). The number of nitrogens with one attached hydrogen (secondary N) is 1. The Hall–Kier alpha value is -1.66. The number of pyridine rings is 1. The molecule has 5 nitrogen and oxygen atoms in total. The Balaban J connectivity index is 2.19. The second-order valence-corrected chi connectivity index (χ2v) is 6.32. The zero-order valence-corrected chi connectivity index (χ0v) is 13.2. The Morgan fingerprint density at radius 1 is 1.64 bits per heavy atom. The summed E-state index contributed by atoms with van der Waals surface area (Å²) in [5, 5.41) is 4.18. The summed E-state index contributed by atoms with van der Waals surface area (Å²) >= 11 is 6.26. The van der Waals surface area contributed by atoms with E-state index in [9.17, 15) is 4.79 Å². The van der Waals surface area contributed by atoms with Gasteiger partial charge in [-0.05, 0) is 38.4 Å². The first kappa shape index (κ1) is 15.2. The molecule has 0 saturated carbocycles. The summed E-state index contributed by atoms with van der Waals surface area (Å²) in [4.78, 5) is 15.7. The van der Waals surface area contributed by atoms with Gasteiger partial charge in [0.2, 0.25) is 0 Å². The van der Waals surface area contributed by atoms with Gasteiger partial charge in [-0.1, -0.05) is 11.6 Å². The highest BCUT2D eigenvalue weighted by molar-refractivity contribution is 6.35. The highest BCUT2D eigenvalue weighted by Crippen LogP contribution is 2.37. The molecule has 3 heterocycles. The van der Waals surface area contributed by atoms with Crippen LogP contribution in [0.1, 0.15) is 35.4 Å². The number of carbonyl (C=O) groups excluding carboxylic acids is 1. The van der Waals surface area contributed by atoms with Crippen LogP contribution < -0.4 is 11.1 Å². The first-order valence-electron chi connectivity index (χ1n) is 7.20. The molecule has 0 radical (unpaired) electrons. The molecule has 0 bridgehead atoms. The third-order valence-corrected chi connectivity index (χ3v) is 4.78. The van der Waals surface area contributed by atoms with Gasteiger partial charge in [0.1, 0.15) is 17.0 Å². The molecule has 1 saturated heterocycles. The number of nitrogens with zero attached hydrogens (tertiary/aromatic N) is 2. The number of primary amides is 1. The molecular weight excluding hydrogens is 307 g/mol. The number of carbonyl (C=O) groups is 1. The summed E-state index contributed by atoms with van der Waals surface area (Å²) < 4.78 is 16.8. The maximum atomic E-state index is 15.1. The van der Waals surface area contributed by atoms with Gasteiger partial charge in [-0.3, -0.25) is 4.79 Å². The summed E-state index contributed by atoms with van der Waals surface area (Å²) in [6.07, 6.45) is 2.27. The van der Waals surface area contributed by atoms with Gasteiger partial charge in [0.05, 0.1) is 11.1 Å². The third-order valence-electron chi connectivity index (χ3n) is 4.48. The van der Waals surface area contributed by atoms with E-state index in [-0.39, 0.29) is 5.69 Å². The Labute approximate surface area is 132 Å². The molecule has 0 aromatic carbocycles. The topological polar surface area (TPSA) is 72.9 Å². The minimum absolute atomic E-state index is 0.0847. The molecule has 3 N–H and O–H groups in total. The number of aryl methyl sites for hydroxylation is 1. The lowest BCUT2D eigenvalue weighted by atomic mass is 9.96. The number of hydrogen-bond donors (Lipinski definition) is 2. The number of fused-ring (bicyclic) bond motifs is 1. The predicted octanol–water partition coefficient (Wildman–Crippen LogP) is 2.36. The number of alkyl halides is 1. The van der Waals surface area contributed by atoms with Crippen LogP contribution in [0.5, 0.6) is 0 Å². The molecule has 0 aliphatic carbocycles. The molecular formula is C15H18ClFN4O. The number of hydrogen-bond acceptors (Lipinski definition) is 3. The second kappa shape index (κ2) is 5.21. The Kier molecular flexibility index (Phi) is 3.61. The lowest BCUT2D eigenvalue weighted by Crippen LogP contribution is -2.35. The number of rotatable bonds is 3. The number of halogens is 2. The molecule has 1 aliphatic heterocycles. The van der Waals surface area contributed by atoms with Crippen LogP contribution in [0.25, 0.3) is 11.0 Å². The smallest absolute Gasteiger partial charge is 0.267 e. The first-order chi connectivity index (χ1) is 10.3. The largest absolute Gasteiger partial charge is 0.364 e. The van der Waals surface area contributed by atoms with E-state index in [1.165, 1.54) is 6.07 Å². The molecule has 1 aliphatic rings. The minimum Gasteiger partial charge on any atom is -0.364 e. The van der Waals surface area contributed by atoms with E-state index in [0.29, 0.717) is 30.2 Å². The highest BCUT2D eigenvalue weighted by Gasteiger charge is 2.41. The molecule has 22 heavy (non-hydrogen) atoms. The Morgan fingerprint density at radius 2 is 2.36 bits per heavy atom. The third kappa shape index (κ3) is 2.27. The van der Waals surface area contributed by atoms with Crippen molar-refractivity contribution >= 4 is 28.5 Å². The second-order valence-electron chi connectivity index (χ2n) is 5.91. The fraction of sp³-hybridized carbons (Fsp3) is 0.467. The quantitative estimate of drug-likeness (QED) is 0.910. The Bertz CT molecular complexity index is 752. The number of amides is 1. The van der Waals surface area contributed by atoms with Gasteiger partial charge in [-0.15, -0.1) is 0 Å². The van der Waals surface area contributed by atoms with Gasteiger partial charge < -0.3 is 15.6 Å². The minimum atomic E-state index is -1.35. The summed E-state index contributed by atoms with van der Waals surface area (Å²) in [5.41, 5.74) is 5.42. The van der Waals surface area contributed by atoms with E-state index < -0.39 is 17.6 Å². The van der Waals surface area contributed by atoms with Gasteiger partial charge in [0.25, 0.3) is 5.91 Å². The van der Waals surface area contributed by atoms with Crippen LogP contribution in [0, 0.1) is 6.92 Å². The number of aromatic nitrogens is 2. The van der Waals surface area contributed by atoms with Crippen molar-refractivity contribution < 1.29 is 9.18 Å². The van der Waals surface area contributed by atoms with Gasteiger partial charge in [-0.2, -0.15) is 0 Å². The van der Waals surface area contributed by atoms with Crippen molar-refractivity contribution in [1.82, 2.24) is 14.9 Å². The van der Waals surface area contributed by atoms with Crippen molar-refractivity contribution in [2.24, 2.45) is 5.73 Å². The monoisotopic (exact) mass is 324 g/mol. The van der Waals surface area contributed by atoms with Gasteiger partial charge >= 0.3 is 0 Å². The average molecular weight is 325 g/mol. The summed E-state index contributed by atoms with van der Waals surface area (Å²) in [6, 6.07) is 1.03. The molecule has 2 atom stereocenters. The van der Waals surface area contributed by atoms with Crippen molar-refractivity contribution in [2.45, 2.75) is 32.0 Å². The van der Waals surface area contributed by atoms with Crippen LogP contribution in [-0.4, -0.2) is 34.2 Å². The fourth-order valence-corrected chi connectivity index (χ4v) is 3.43. The van der Waals surface area contributed by atoms with Crippen molar-refractivity contribution in [3.05, 3.63) is 28.5 Å². The summed E-state index contributed by atoms with van der Waals surface area (Å²) in [5.74, 6) is -0.653. The molecule has 2 aromatic rings. The maximum absolute atomic E-state index is 15.1. The predicted molar refractivity (Wildman–Crippen MR) is 84.0 cm³/mol. The molecule has 7 heteroatoms. The van der Waals surface area contributed by atoms with E-state index in [1.54, 1.807) is 4.57 Å². The van der Waals surface area contributed by atoms with Gasteiger partial charge in [0, 0.05) is 18.1 Å². The van der Waals surface area contributed by atoms with Crippen LogP contribution >= 0.6 is 11.6 Å². The van der Waals surface area contributed by atoms with E-state index in [2.05, 4.69) is 10.3 Å². The number of nitrogens with two attached hydrogens (primary N) is 1. The molecule has 1 fully saturated rings. The van der Waals surface area contributed by atoms with Crippen LogP contribution in [0.3, 0.4) is 0 Å². The SMILES string of the molecule is Cc1cn([C@H](C)[C@@]2(F)CCNC2)c2nc(C(N)=O)cc(Cl)c12. The van der Waals surface area contributed by atoms with Gasteiger partial charge in [0.15, 0.2) is 0 Å². The van der Waals surface area contributed by atoms with Crippen LogP contribution in [-0.2, 0) is 0 Å². The normalized spacial score (nSPS) is 23.1. The van der Waals surface area contributed by atoms with E-state index in [1.807, 2.05) is 20.0 Å². The maximum Gasteiger partial charge on any atom is 0.267 e. The van der Waals surface area contributed by atoms with Crippen molar-refractivity contribution in [3.63, 3.8) is 0 Å². The highest BCUT2D eigenvalue weighted by atomic mass is 35.5. The lowest BCUT2D eigenvalue weighted by molar-refractivity contribution is 0.0995. The Morgan fingerprint density at radius 3 is 2.95 bits per heavy atom.